The van der Waals surface area contributed by atoms with Gasteiger partial charge in [-0.1, -0.05) is 42.5 Å². The van der Waals surface area contributed by atoms with Crippen LogP contribution in [0.2, 0.25) is 0 Å². The molecule has 2 aromatic carbocycles. The SMILES string of the molecule is NCc1cccn1-c1ccc(CC(=O)N(Cc2ccccc2)C2C=CS(=O)(=O)C2)cc1. The van der Waals surface area contributed by atoms with E-state index in [-0.39, 0.29) is 18.1 Å². The van der Waals surface area contributed by atoms with Crippen LogP contribution in [0.3, 0.4) is 0 Å². The topological polar surface area (TPSA) is 85.4 Å². The first-order chi connectivity index (χ1) is 14.9. The van der Waals surface area contributed by atoms with E-state index in [4.69, 9.17) is 5.73 Å². The second-order valence-electron chi connectivity index (χ2n) is 7.65. The highest BCUT2D eigenvalue weighted by atomic mass is 32.2. The van der Waals surface area contributed by atoms with E-state index in [0.717, 1.165) is 22.5 Å². The van der Waals surface area contributed by atoms with E-state index < -0.39 is 15.9 Å². The quantitative estimate of drug-likeness (QED) is 0.618. The molecule has 1 aliphatic rings. The van der Waals surface area contributed by atoms with Crippen LogP contribution in [0.15, 0.2) is 84.4 Å². The molecule has 1 atom stereocenters. The Bertz CT molecular complexity index is 1180. The molecule has 160 valence electrons. The molecule has 7 heteroatoms. The molecule has 6 nitrogen and oxygen atoms in total. The van der Waals surface area contributed by atoms with Crippen molar-refractivity contribution in [1.29, 1.82) is 0 Å². The van der Waals surface area contributed by atoms with Crippen molar-refractivity contribution in [2.24, 2.45) is 5.73 Å². The van der Waals surface area contributed by atoms with Crippen molar-refractivity contribution in [3.05, 3.63) is 101 Å². The maximum Gasteiger partial charge on any atom is 0.227 e. The molecule has 2 N–H and O–H groups in total. The van der Waals surface area contributed by atoms with Crippen molar-refractivity contribution in [2.45, 2.75) is 25.6 Å². The van der Waals surface area contributed by atoms with Gasteiger partial charge in [-0.2, -0.15) is 0 Å². The summed E-state index contributed by atoms with van der Waals surface area (Å²) in [6, 6.07) is 20.9. The lowest BCUT2D eigenvalue weighted by atomic mass is 10.1. The number of amides is 1. The van der Waals surface area contributed by atoms with Crippen LogP contribution >= 0.6 is 0 Å². The highest BCUT2D eigenvalue weighted by Gasteiger charge is 2.30. The zero-order valence-corrected chi connectivity index (χ0v) is 17.9. The fraction of sp³-hybridized carbons (Fsp3) is 0.208. The summed E-state index contributed by atoms with van der Waals surface area (Å²) in [6.45, 7) is 0.811. The van der Waals surface area contributed by atoms with Gasteiger partial charge in [0.05, 0.1) is 18.2 Å². The molecule has 1 unspecified atom stereocenters. The van der Waals surface area contributed by atoms with Crippen molar-refractivity contribution in [1.82, 2.24) is 9.47 Å². The molecule has 1 amide bonds. The van der Waals surface area contributed by atoms with Gasteiger partial charge in [-0.15, -0.1) is 0 Å². The number of hydrogen-bond donors (Lipinski definition) is 1. The Balaban J connectivity index is 1.52. The fourth-order valence-corrected chi connectivity index (χ4v) is 5.11. The summed E-state index contributed by atoms with van der Waals surface area (Å²) in [5, 5.41) is 1.21. The first kappa shape index (κ1) is 21.1. The molecule has 2 heterocycles. The lowest BCUT2D eigenvalue weighted by Crippen LogP contribution is -2.41. The van der Waals surface area contributed by atoms with E-state index in [1.54, 1.807) is 11.0 Å². The van der Waals surface area contributed by atoms with E-state index in [2.05, 4.69) is 0 Å². The third kappa shape index (κ3) is 4.95. The van der Waals surface area contributed by atoms with Gasteiger partial charge in [0.15, 0.2) is 9.84 Å². The number of rotatable bonds is 7. The Morgan fingerprint density at radius 2 is 1.74 bits per heavy atom. The van der Waals surface area contributed by atoms with Crippen LogP contribution in [-0.2, 0) is 34.1 Å². The summed E-state index contributed by atoms with van der Waals surface area (Å²) in [5.74, 6) is -0.174. The maximum absolute atomic E-state index is 13.2. The number of carbonyl (C=O) groups is 1. The zero-order chi connectivity index (χ0) is 21.8. The maximum atomic E-state index is 13.2. The van der Waals surface area contributed by atoms with Gasteiger partial charge in [-0.05, 0) is 41.5 Å². The minimum absolute atomic E-state index is 0.0694. The van der Waals surface area contributed by atoms with E-state index >= 15 is 0 Å². The van der Waals surface area contributed by atoms with Gasteiger partial charge in [0.1, 0.15) is 0 Å². The Hall–Kier alpha value is -3.16. The van der Waals surface area contributed by atoms with Crippen LogP contribution in [0.5, 0.6) is 0 Å². The summed E-state index contributed by atoms with van der Waals surface area (Å²) in [4.78, 5) is 14.9. The number of nitrogens with zero attached hydrogens (tertiary/aromatic N) is 2. The van der Waals surface area contributed by atoms with E-state index in [9.17, 15) is 13.2 Å². The average molecular weight is 436 g/mol. The van der Waals surface area contributed by atoms with Gasteiger partial charge in [-0.25, -0.2) is 8.42 Å². The first-order valence-corrected chi connectivity index (χ1v) is 11.9. The van der Waals surface area contributed by atoms with Crippen molar-refractivity contribution in [3.8, 4) is 5.69 Å². The van der Waals surface area contributed by atoms with Crippen LogP contribution in [0.25, 0.3) is 5.69 Å². The lowest BCUT2D eigenvalue weighted by Gasteiger charge is -2.28. The second-order valence-corrected chi connectivity index (χ2v) is 9.58. The van der Waals surface area contributed by atoms with E-state index in [1.165, 1.54) is 5.41 Å². The Morgan fingerprint density at radius 1 is 1.00 bits per heavy atom. The van der Waals surface area contributed by atoms with Crippen molar-refractivity contribution in [3.63, 3.8) is 0 Å². The van der Waals surface area contributed by atoms with Crippen LogP contribution in [0.4, 0.5) is 0 Å². The van der Waals surface area contributed by atoms with Crippen molar-refractivity contribution in [2.75, 3.05) is 5.75 Å². The molecular weight excluding hydrogens is 410 g/mol. The number of carbonyl (C=O) groups excluding carboxylic acids is 1. The molecule has 0 spiro atoms. The molecular formula is C24H25N3O3S. The minimum atomic E-state index is -3.26. The van der Waals surface area contributed by atoms with Gasteiger partial charge in [0.25, 0.3) is 0 Å². The van der Waals surface area contributed by atoms with Crippen LogP contribution in [0.1, 0.15) is 16.8 Å². The molecule has 1 aliphatic heterocycles. The number of sulfone groups is 1. The minimum Gasteiger partial charge on any atom is -0.331 e. The summed E-state index contributed by atoms with van der Waals surface area (Å²) >= 11 is 0. The van der Waals surface area contributed by atoms with Gasteiger partial charge < -0.3 is 15.2 Å². The fourth-order valence-electron chi connectivity index (χ4n) is 3.81. The predicted octanol–water partition coefficient (Wildman–Crippen LogP) is 2.82. The molecule has 0 aliphatic carbocycles. The molecule has 3 aromatic rings. The van der Waals surface area contributed by atoms with Gasteiger partial charge >= 0.3 is 0 Å². The number of aromatic nitrogens is 1. The normalized spacial score (nSPS) is 17.0. The molecule has 1 aromatic heterocycles. The van der Waals surface area contributed by atoms with Crippen LogP contribution in [-0.4, -0.2) is 35.6 Å². The monoisotopic (exact) mass is 435 g/mol. The largest absolute Gasteiger partial charge is 0.331 e. The Labute approximate surface area is 182 Å². The Morgan fingerprint density at radius 3 is 2.39 bits per heavy atom. The van der Waals surface area contributed by atoms with Gasteiger partial charge in [-0.3, -0.25) is 4.79 Å². The number of nitrogens with two attached hydrogens (primary N) is 1. The summed E-state index contributed by atoms with van der Waals surface area (Å²) in [7, 11) is -3.26. The van der Waals surface area contributed by atoms with Crippen molar-refractivity contribution >= 4 is 15.7 Å². The van der Waals surface area contributed by atoms with Gasteiger partial charge in [0, 0.05) is 36.1 Å². The summed E-state index contributed by atoms with van der Waals surface area (Å²) in [5.41, 5.74) is 9.61. The Kier molecular flexibility index (Phi) is 6.06. The third-order valence-electron chi connectivity index (χ3n) is 5.44. The third-order valence-corrected chi connectivity index (χ3v) is 6.82. The molecule has 31 heavy (non-hydrogen) atoms. The summed E-state index contributed by atoms with van der Waals surface area (Å²) in [6.07, 6.45) is 3.77. The second kappa shape index (κ2) is 8.91. The highest BCUT2D eigenvalue weighted by Crippen LogP contribution is 2.20. The molecule has 0 fully saturated rings. The summed E-state index contributed by atoms with van der Waals surface area (Å²) < 4.78 is 25.9. The van der Waals surface area contributed by atoms with E-state index in [0.29, 0.717) is 13.1 Å². The molecule has 0 saturated heterocycles. The molecule has 0 bridgehead atoms. The van der Waals surface area contributed by atoms with Crippen LogP contribution < -0.4 is 5.73 Å². The number of benzene rings is 2. The lowest BCUT2D eigenvalue weighted by molar-refractivity contribution is -0.132. The standard InChI is InChI=1S/C24H25N3O3S/c25-16-22-7-4-13-26(22)21-10-8-19(9-11-21)15-24(28)27(17-20-5-2-1-3-6-20)23-12-14-31(29,30)18-23/h1-14,23H,15-18,25H2. The van der Waals surface area contributed by atoms with Crippen molar-refractivity contribution < 1.29 is 13.2 Å². The molecule has 0 saturated carbocycles. The average Bonchev–Trinajstić information content (AvgIpc) is 3.39. The van der Waals surface area contributed by atoms with Crippen LogP contribution in [0, 0.1) is 0 Å². The predicted molar refractivity (Wildman–Crippen MR) is 121 cm³/mol. The van der Waals surface area contributed by atoms with Gasteiger partial charge in [0.2, 0.25) is 5.91 Å². The number of hydrogen-bond acceptors (Lipinski definition) is 4. The zero-order valence-electron chi connectivity index (χ0n) is 17.1. The smallest absolute Gasteiger partial charge is 0.227 e. The molecule has 4 rings (SSSR count). The highest BCUT2D eigenvalue weighted by molar-refractivity contribution is 7.94. The molecule has 0 radical (unpaired) electrons. The van der Waals surface area contributed by atoms with E-state index in [1.807, 2.05) is 77.5 Å². The first-order valence-electron chi connectivity index (χ1n) is 10.2.